The van der Waals surface area contributed by atoms with Gasteiger partial charge < -0.3 is 10.2 Å². The molecule has 1 atom stereocenters. The molecule has 0 saturated carbocycles. The number of nitrogens with two attached hydrogens (primary N) is 1. The minimum atomic E-state index is -0.374. The van der Waals surface area contributed by atoms with Crippen LogP contribution in [-0.4, -0.2) is 10.2 Å². The fourth-order valence-corrected chi connectivity index (χ4v) is 2.43. The van der Waals surface area contributed by atoms with Gasteiger partial charge in [0.15, 0.2) is 0 Å². The van der Waals surface area contributed by atoms with Gasteiger partial charge in [0.2, 0.25) is 11.8 Å². The van der Waals surface area contributed by atoms with Gasteiger partial charge in [0.1, 0.15) is 6.04 Å². The highest BCUT2D eigenvalue weighted by Crippen LogP contribution is 2.19. The molecule has 3 rings (SSSR count). The Morgan fingerprint density at radius 3 is 2.45 bits per heavy atom. The van der Waals surface area contributed by atoms with Gasteiger partial charge in [-0.15, -0.1) is 10.2 Å². The second-order valence-corrected chi connectivity index (χ2v) is 5.35. The summed E-state index contributed by atoms with van der Waals surface area (Å²) in [5.74, 6) is 1.09. The Morgan fingerprint density at radius 2 is 1.68 bits per heavy atom. The molecule has 2 aromatic carbocycles. The lowest BCUT2D eigenvalue weighted by Gasteiger charge is -2.06. The van der Waals surface area contributed by atoms with E-state index in [9.17, 15) is 0 Å². The van der Waals surface area contributed by atoms with E-state index in [0.29, 0.717) is 11.8 Å². The van der Waals surface area contributed by atoms with E-state index >= 15 is 0 Å². The molecule has 0 aliphatic rings. The largest absolute Gasteiger partial charge is 0.423 e. The quantitative estimate of drug-likeness (QED) is 0.784. The van der Waals surface area contributed by atoms with Gasteiger partial charge in [0.25, 0.3) is 0 Å². The summed E-state index contributed by atoms with van der Waals surface area (Å²) in [6.45, 7) is 2.11. The first-order chi connectivity index (χ1) is 10.7. The summed E-state index contributed by atoms with van der Waals surface area (Å²) >= 11 is 0. The summed E-state index contributed by atoms with van der Waals surface area (Å²) in [6.07, 6.45) is 1.61. The van der Waals surface area contributed by atoms with E-state index in [2.05, 4.69) is 29.3 Å². The smallest absolute Gasteiger partial charge is 0.237 e. The van der Waals surface area contributed by atoms with E-state index in [1.807, 2.05) is 42.5 Å². The van der Waals surface area contributed by atoms with Gasteiger partial charge in [-0.3, -0.25) is 0 Å². The number of benzene rings is 2. The molecular formula is C18H19N3O. The van der Waals surface area contributed by atoms with E-state index in [0.717, 1.165) is 18.4 Å². The highest BCUT2D eigenvalue weighted by molar-refractivity contribution is 5.26. The van der Waals surface area contributed by atoms with Gasteiger partial charge in [-0.25, -0.2) is 0 Å². The lowest BCUT2D eigenvalue weighted by atomic mass is 10.0. The van der Waals surface area contributed by atoms with Crippen molar-refractivity contribution in [1.29, 1.82) is 0 Å². The lowest BCUT2D eigenvalue weighted by molar-refractivity contribution is 0.434. The molecule has 0 saturated heterocycles. The zero-order chi connectivity index (χ0) is 15.4. The number of nitrogens with zero attached hydrogens (tertiary/aromatic N) is 2. The van der Waals surface area contributed by atoms with E-state index in [1.165, 1.54) is 11.1 Å². The fraction of sp³-hybridized carbons (Fsp3) is 0.222. The normalized spacial score (nSPS) is 12.3. The Labute approximate surface area is 130 Å². The Kier molecular flexibility index (Phi) is 4.30. The maximum Gasteiger partial charge on any atom is 0.237 e. The van der Waals surface area contributed by atoms with Crippen LogP contribution < -0.4 is 5.73 Å². The van der Waals surface area contributed by atoms with E-state index in [1.54, 1.807) is 0 Å². The van der Waals surface area contributed by atoms with Crippen LogP contribution in [0.4, 0.5) is 0 Å². The van der Waals surface area contributed by atoms with Crippen molar-refractivity contribution in [2.24, 2.45) is 5.73 Å². The summed E-state index contributed by atoms with van der Waals surface area (Å²) in [7, 11) is 0. The van der Waals surface area contributed by atoms with Gasteiger partial charge >= 0.3 is 0 Å². The minimum absolute atomic E-state index is 0.374. The minimum Gasteiger partial charge on any atom is -0.423 e. The van der Waals surface area contributed by atoms with E-state index in [4.69, 9.17) is 10.2 Å². The molecule has 0 aliphatic carbocycles. The molecule has 22 heavy (non-hydrogen) atoms. The van der Waals surface area contributed by atoms with Crippen molar-refractivity contribution < 1.29 is 4.42 Å². The standard InChI is InChI=1S/C18H19N3O/c1-13-7-5-6-8-14(13)11-12-16-20-21-18(22-16)17(19)15-9-3-2-4-10-15/h2-10,17H,11-12,19H2,1H3. The molecule has 0 bridgehead atoms. The van der Waals surface area contributed by atoms with Gasteiger partial charge in [-0.2, -0.15) is 0 Å². The number of rotatable bonds is 5. The molecule has 0 radical (unpaired) electrons. The summed E-state index contributed by atoms with van der Waals surface area (Å²) in [6, 6.07) is 17.7. The molecule has 2 N–H and O–H groups in total. The topological polar surface area (TPSA) is 64.9 Å². The monoisotopic (exact) mass is 293 g/mol. The van der Waals surface area contributed by atoms with Crippen molar-refractivity contribution in [2.45, 2.75) is 25.8 Å². The summed E-state index contributed by atoms with van der Waals surface area (Å²) in [4.78, 5) is 0. The van der Waals surface area contributed by atoms with Crippen molar-refractivity contribution in [1.82, 2.24) is 10.2 Å². The van der Waals surface area contributed by atoms with Crippen molar-refractivity contribution in [3.8, 4) is 0 Å². The fourth-order valence-electron chi connectivity index (χ4n) is 2.43. The average Bonchev–Trinajstić information content (AvgIpc) is 3.03. The van der Waals surface area contributed by atoms with Gasteiger partial charge in [-0.1, -0.05) is 54.6 Å². The molecule has 0 spiro atoms. The number of hydrogen-bond donors (Lipinski definition) is 1. The van der Waals surface area contributed by atoms with Crippen LogP contribution in [0.15, 0.2) is 59.0 Å². The zero-order valence-corrected chi connectivity index (χ0v) is 12.6. The maximum absolute atomic E-state index is 6.16. The molecule has 3 aromatic rings. The Balaban J connectivity index is 1.68. The molecular weight excluding hydrogens is 274 g/mol. The SMILES string of the molecule is Cc1ccccc1CCc1nnc(C(N)c2ccccc2)o1. The van der Waals surface area contributed by atoms with Gasteiger partial charge in [0.05, 0.1) is 0 Å². The molecule has 0 aliphatic heterocycles. The third-order valence-electron chi connectivity index (χ3n) is 3.78. The van der Waals surface area contributed by atoms with Crippen molar-refractivity contribution in [2.75, 3.05) is 0 Å². The Hall–Kier alpha value is -2.46. The second-order valence-electron chi connectivity index (χ2n) is 5.35. The van der Waals surface area contributed by atoms with Crippen molar-refractivity contribution in [3.05, 3.63) is 83.1 Å². The molecule has 4 nitrogen and oxygen atoms in total. The van der Waals surface area contributed by atoms with Crippen molar-refractivity contribution in [3.63, 3.8) is 0 Å². The van der Waals surface area contributed by atoms with Gasteiger partial charge in [0, 0.05) is 6.42 Å². The third kappa shape index (κ3) is 3.23. The van der Waals surface area contributed by atoms with E-state index in [-0.39, 0.29) is 6.04 Å². The van der Waals surface area contributed by atoms with Crippen molar-refractivity contribution >= 4 is 0 Å². The van der Waals surface area contributed by atoms with Crippen LogP contribution in [0.1, 0.15) is 34.5 Å². The summed E-state index contributed by atoms with van der Waals surface area (Å²) in [5, 5.41) is 8.20. The zero-order valence-electron chi connectivity index (χ0n) is 12.6. The first kappa shape index (κ1) is 14.5. The molecule has 4 heteroatoms. The highest BCUT2D eigenvalue weighted by Gasteiger charge is 2.16. The molecule has 1 unspecified atom stereocenters. The van der Waals surface area contributed by atoms with Crippen LogP contribution in [0.2, 0.25) is 0 Å². The average molecular weight is 293 g/mol. The van der Waals surface area contributed by atoms with Crippen LogP contribution in [0.3, 0.4) is 0 Å². The first-order valence-corrected chi connectivity index (χ1v) is 7.41. The second kappa shape index (κ2) is 6.54. The van der Waals surface area contributed by atoms with Crippen LogP contribution >= 0.6 is 0 Å². The maximum atomic E-state index is 6.16. The third-order valence-corrected chi connectivity index (χ3v) is 3.78. The van der Waals surface area contributed by atoms with Gasteiger partial charge in [-0.05, 0) is 30.0 Å². The molecule has 0 fully saturated rings. The predicted octanol–water partition coefficient (Wildman–Crippen LogP) is 3.21. The molecule has 0 amide bonds. The van der Waals surface area contributed by atoms with Crippen LogP contribution in [-0.2, 0) is 12.8 Å². The molecule has 112 valence electrons. The summed E-state index contributed by atoms with van der Waals surface area (Å²) < 4.78 is 5.71. The summed E-state index contributed by atoms with van der Waals surface area (Å²) in [5.41, 5.74) is 9.72. The van der Waals surface area contributed by atoms with Crippen LogP contribution in [0.5, 0.6) is 0 Å². The molecule has 1 heterocycles. The van der Waals surface area contributed by atoms with E-state index < -0.39 is 0 Å². The van der Waals surface area contributed by atoms with Crippen LogP contribution in [0, 0.1) is 6.92 Å². The number of hydrogen-bond acceptors (Lipinski definition) is 4. The molecule has 1 aromatic heterocycles. The first-order valence-electron chi connectivity index (χ1n) is 7.41. The predicted molar refractivity (Wildman–Crippen MR) is 85.4 cm³/mol. The Bertz CT molecular complexity index is 737. The number of aromatic nitrogens is 2. The highest BCUT2D eigenvalue weighted by atomic mass is 16.4. The lowest BCUT2D eigenvalue weighted by Crippen LogP contribution is -2.11. The Morgan fingerprint density at radius 1 is 0.955 bits per heavy atom. The number of aryl methyl sites for hydroxylation is 3. The van der Waals surface area contributed by atoms with Crippen LogP contribution in [0.25, 0.3) is 0 Å².